The quantitative estimate of drug-likeness (QED) is 0.474. The van der Waals surface area contributed by atoms with E-state index in [9.17, 15) is 18.0 Å². The van der Waals surface area contributed by atoms with Gasteiger partial charge >= 0.3 is 6.18 Å². The van der Waals surface area contributed by atoms with Gasteiger partial charge in [0.1, 0.15) is 19.5 Å². The van der Waals surface area contributed by atoms with Crippen molar-refractivity contribution in [3.05, 3.63) is 65.5 Å². The molecule has 1 aromatic heterocycles. The number of alkyl halides is 3. The molecule has 0 bridgehead atoms. The number of fused-ring (bicyclic) bond motifs is 1. The fourth-order valence-electron chi connectivity index (χ4n) is 4.33. The molecule has 0 N–H and O–H groups in total. The number of ether oxygens (including phenoxy) is 2. The average molecular weight is 472 g/mol. The van der Waals surface area contributed by atoms with E-state index in [1.54, 1.807) is 18.2 Å². The number of Topliss-reactive ketones (excluding diaryl/α,β-unsaturated/α-hetero) is 1. The molecule has 1 fully saturated rings. The van der Waals surface area contributed by atoms with Crippen LogP contribution in [0, 0.1) is 5.92 Å². The lowest BCUT2D eigenvalue weighted by Crippen LogP contribution is -2.36. The first-order chi connectivity index (χ1) is 16.4. The Labute approximate surface area is 194 Å². The fraction of sp³-hybridized carbons (Fsp3) is 0.360. The molecular formula is C25H23F3N2O4. The van der Waals surface area contributed by atoms with Crippen LogP contribution >= 0.6 is 0 Å². The minimum absolute atomic E-state index is 0.0566. The van der Waals surface area contributed by atoms with Gasteiger partial charge in [0.15, 0.2) is 17.3 Å². The van der Waals surface area contributed by atoms with E-state index in [4.69, 9.17) is 13.9 Å². The molecule has 0 amide bonds. The van der Waals surface area contributed by atoms with Crippen LogP contribution in [0.3, 0.4) is 0 Å². The smallest absolute Gasteiger partial charge is 0.416 e. The van der Waals surface area contributed by atoms with E-state index in [-0.39, 0.29) is 17.6 Å². The third-order valence-electron chi connectivity index (χ3n) is 6.18. The summed E-state index contributed by atoms with van der Waals surface area (Å²) in [4.78, 5) is 19.6. The summed E-state index contributed by atoms with van der Waals surface area (Å²) in [6.45, 7) is 3.02. The molecule has 2 aromatic carbocycles. The molecule has 1 saturated heterocycles. The highest BCUT2D eigenvalue weighted by molar-refractivity contribution is 5.98. The molecule has 5 rings (SSSR count). The van der Waals surface area contributed by atoms with Crippen molar-refractivity contribution in [2.45, 2.75) is 25.6 Å². The predicted molar refractivity (Wildman–Crippen MR) is 117 cm³/mol. The maximum absolute atomic E-state index is 13.0. The molecule has 3 aromatic rings. The third kappa shape index (κ3) is 4.79. The van der Waals surface area contributed by atoms with E-state index in [1.807, 2.05) is 0 Å². The van der Waals surface area contributed by atoms with Gasteiger partial charge < -0.3 is 13.9 Å². The van der Waals surface area contributed by atoms with E-state index in [0.717, 1.165) is 38.1 Å². The van der Waals surface area contributed by atoms with Gasteiger partial charge in [-0.25, -0.2) is 4.98 Å². The van der Waals surface area contributed by atoms with Crippen molar-refractivity contribution in [1.29, 1.82) is 0 Å². The molecule has 2 aliphatic rings. The van der Waals surface area contributed by atoms with Crippen LogP contribution < -0.4 is 9.47 Å². The summed E-state index contributed by atoms with van der Waals surface area (Å²) in [7, 11) is 0. The predicted octanol–water partition coefficient (Wildman–Crippen LogP) is 5.23. The SMILES string of the molecule is O=C(c1ccc2c(c1)OCCO2)C1CCN(Cc2coc(-c3ccc(C(F)(F)F)cc3)n2)CC1. The molecule has 34 heavy (non-hydrogen) atoms. The molecule has 9 heteroatoms. The molecule has 3 heterocycles. The number of rotatable bonds is 5. The first kappa shape index (κ1) is 22.5. The van der Waals surface area contributed by atoms with Crippen molar-refractivity contribution in [3.63, 3.8) is 0 Å². The number of halogens is 3. The molecule has 2 aliphatic heterocycles. The number of oxazole rings is 1. The molecule has 0 radical (unpaired) electrons. The number of aromatic nitrogens is 1. The first-order valence-electron chi connectivity index (χ1n) is 11.1. The van der Waals surface area contributed by atoms with Crippen molar-refractivity contribution >= 4 is 5.78 Å². The van der Waals surface area contributed by atoms with Crippen LogP contribution in [-0.4, -0.2) is 42.0 Å². The lowest BCUT2D eigenvalue weighted by Gasteiger charge is -2.30. The zero-order chi connectivity index (χ0) is 23.7. The van der Waals surface area contributed by atoms with Gasteiger partial charge in [0, 0.05) is 23.6 Å². The van der Waals surface area contributed by atoms with Crippen molar-refractivity contribution in [1.82, 2.24) is 9.88 Å². The van der Waals surface area contributed by atoms with Gasteiger partial charge in [-0.05, 0) is 68.4 Å². The fourth-order valence-corrected chi connectivity index (χ4v) is 4.33. The Morgan fingerprint density at radius 2 is 1.71 bits per heavy atom. The third-order valence-corrected chi connectivity index (χ3v) is 6.18. The van der Waals surface area contributed by atoms with Crippen molar-refractivity contribution in [2.24, 2.45) is 5.92 Å². The minimum atomic E-state index is -4.38. The Balaban J connectivity index is 1.16. The minimum Gasteiger partial charge on any atom is -0.486 e. The number of hydrogen-bond acceptors (Lipinski definition) is 6. The topological polar surface area (TPSA) is 64.8 Å². The molecule has 0 unspecified atom stereocenters. The summed E-state index contributed by atoms with van der Waals surface area (Å²) < 4.78 is 54.8. The molecule has 0 spiro atoms. The number of piperidine rings is 1. The van der Waals surface area contributed by atoms with Gasteiger partial charge in [-0.2, -0.15) is 13.2 Å². The van der Waals surface area contributed by atoms with Gasteiger partial charge in [-0.3, -0.25) is 9.69 Å². The number of likely N-dealkylation sites (tertiary alicyclic amines) is 1. The Hall–Kier alpha value is -3.33. The van der Waals surface area contributed by atoms with E-state index >= 15 is 0 Å². The number of hydrogen-bond donors (Lipinski definition) is 0. The largest absolute Gasteiger partial charge is 0.486 e. The van der Waals surface area contributed by atoms with Gasteiger partial charge in [0.25, 0.3) is 0 Å². The molecule has 0 atom stereocenters. The Morgan fingerprint density at radius 1 is 1.00 bits per heavy atom. The van der Waals surface area contributed by atoms with E-state index in [1.165, 1.54) is 18.4 Å². The maximum atomic E-state index is 13.0. The number of benzene rings is 2. The molecule has 178 valence electrons. The van der Waals surface area contributed by atoms with Gasteiger partial charge in [-0.1, -0.05) is 0 Å². The zero-order valence-electron chi connectivity index (χ0n) is 18.3. The lowest BCUT2D eigenvalue weighted by atomic mass is 9.88. The average Bonchev–Trinajstić information content (AvgIpc) is 3.32. The standard InChI is InChI=1S/C25H23F3N2O4/c26-25(27,28)19-4-1-17(2-5-19)24-29-20(15-34-24)14-30-9-7-16(8-10-30)23(31)18-3-6-21-22(13-18)33-12-11-32-21/h1-6,13,15-16H,7-12,14H2. The van der Waals surface area contributed by atoms with Crippen molar-refractivity contribution in [3.8, 4) is 23.0 Å². The maximum Gasteiger partial charge on any atom is 0.416 e. The summed E-state index contributed by atoms with van der Waals surface area (Å²) in [6.07, 6.45) is -1.39. The number of carbonyl (C=O) groups excluding carboxylic acids is 1. The number of carbonyl (C=O) groups is 1. The van der Waals surface area contributed by atoms with Crippen LogP contribution in [-0.2, 0) is 12.7 Å². The highest BCUT2D eigenvalue weighted by atomic mass is 19.4. The monoisotopic (exact) mass is 472 g/mol. The van der Waals surface area contributed by atoms with E-state index in [2.05, 4.69) is 9.88 Å². The van der Waals surface area contributed by atoms with E-state index < -0.39 is 11.7 Å². The summed E-state index contributed by atoms with van der Waals surface area (Å²) in [5.74, 6) is 1.62. The summed E-state index contributed by atoms with van der Waals surface area (Å²) in [6, 6.07) is 10.1. The Bertz CT molecular complexity index is 1170. The highest BCUT2D eigenvalue weighted by Gasteiger charge is 2.30. The second-order valence-electron chi connectivity index (χ2n) is 8.49. The van der Waals surface area contributed by atoms with Crippen LogP contribution in [0.5, 0.6) is 11.5 Å². The van der Waals surface area contributed by atoms with E-state index in [0.29, 0.717) is 48.1 Å². The summed E-state index contributed by atoms with van der Waals surface area (Å²) in [5.41, 5.74) is 1.12. The Morgan fingerprint density at radius 3 is 2.41 bits per heavy atom. The van der Waals surface area contributed by atoms with Crippen molar-refractivity contribution in [2.75, 3.05) is 26.3 Å². The number of nitrogens with zero attached hydrogens (tertiary/aromatic N) is 2. The Kier molecular flexibility index (Phi) is 6.03. The second-order valence-corrected chi connectivity index (χ2v) is 8.49. The first-order valence-corrected chi connectivity index (χ1v) is 11.1. The summed E-state index contributed by atoms with van der Waals surface area (Å²) in [5, 5.41) is 0. The van der Waals surface area contributed by atoms with Crippen LogP contribution in [0.2, 0.25) is 0 Å². The van der Waals surface area contributed by atoms with Crippen LogP contribution in [0.15, 0.2) is 53.1 Å². The lowest BCUT2D eigenvalue weighted by molar-refractivity contribution is -0.137. The molecule has 0 saturated carbocycles. The van der Waals surface area contributed by atoms with Gasteiger partial charge in [0.2, 0.25) is 5.89 Å². The van der Waals surface area contributed by atoms with Gasteiger partial charge in [0.05, 0.1) is 11.3 Å². The molecular weight excluding hydrogens is 449 g/mol. The summed E-state index contributed by atoms with van der Waals surface area (Å²) >= 11 is 0. The normalized spacial score (nSPS) is 17.0. The molecule has 0 aliphatic carbocycles. The van der Waals surface area contributed by atoms with Crippen LogP contribution in [0.4, 0.5) is 13.2 Å². The van der Waals surface area contributed by atoms with Crippen LogP contribution in [0.1, 0.15) is 34.5 Å². The zero-order valence-corrected chi connectivity index (χ0v) is 18.3. The number of ketones is 1. The van der Waals surface area contributed by atoms with Crippen molar-refractivity contribution < 1.29 is 31.9 Å². The molecule has 6 nitrogen and oxygen atoms in total. The highest BCUT2D eigenvalue weighted by Crippen LogP contribution is 2.33. The second kappa shape index (κ2) is 9.13. The van der Waals surface area contributed by atoms with Crippen LogP contribution in [0.25, 0.3) is 11.5 Å². The van der Waals surface area contributed by atoms with Gasteiger partial charge in [-0.15, -0.1) is 0 Å².